The van der Waals surface area contributed by atoms with Crippen LogP contribution in [0.3, 0.4) is 0 Å². The maximum atomic E-state index is 10.5. The van der Waals surface area contributed by atoms with E-state index in [0.29, 0.717) is 10.7 Å². The highest BCUT2D eigenvalue weighted by Crippen LogP contribution is 2.15. The molecule has 16 heavy (non-hydrogen) atoms. The molecule has 0 radical (unpaired) electrons. The summed E-state index contributed by atoms with van der Waals surface area (Å²) < 4.78 is 1.74. The van der Waals surface area contributed by atoms with Gasteiger partial charge in [-0.2, -0.15) is 0 Å². The summed E-state index contributed by atoms with van der Waals surface area (Å²) in [6.07, 6.45) is 3.18. The Labute approximate surface area is 97.1 Å². The molecule has 0 bridgehead atoms. The second-order valence-corrected chi connectivity index (χ2v) is 3.76. The normalized spacial score (nSPS) is 10.3. The molecule has 0 atom stereocenters. The molecule has 0 aliphatic carbocycles. The molecule has 2 rings (SSSR count). The maximum Gasteiger partial charge on any atom is 0.309 e. The van der Waals surface area contributed by atoms with Crippen molar-refractivity contribution in [1.82, 2.24) is 9.55 Å². The molecular formula is C11H9ClN2O2. The van der Waals surface area contributed by atoms with E-state index in [1.54, 1.807) is 29.2 Å². The van der Waals surface area contributed by atoms with Gasteiger partial charge in [-0.1, -0.05) is 17.7 Å². The van der Waals surface area contributed by atoms with E-state index < -0.39 is 5.97 Å². The predicted octanol–water partition coefficient (Wildman–Crippen LogP) is 2.15. The summed E-state index contributed by atoms with van der Waals surface area (Å²) >= 11 is 5.86. The fourth-order valence-electron chi connectivity index (χ4n) is 1.39. The Balaban J connectivity index is 2.28. The molecule has 1 aromatic heterocycles. The fraction of sp³-hybridized carbons (Fsp3) is 0.0909. The van der Waals surface area contributed by atoms with Crippen molar-refractivity contribution in [1.29, 1.82) is 0 Å². The molecule has 82 valence electrons. The van der Waals surface area contributed by atoms with Gasteiger partial charge < -0.3 is 9.67 Å². The Morgan fingerprint density at radius 2 is 2.31 bits per heavy atom. The zero-order valence-corrected chi connectivity index (χ0v) is 9.05. The third kappa shape index (κ3) is 2.41. The lowest BCUT2D eigenvalue weighted by Crippen LogP contribution is -1.99. The van der Waals surface area contributed by atoms with Crippen LogP contribution in [0.4, 0.5) is 0 Å². The van der Waals surface area contributed by atoms with Crippen molar-refractivity contribution in [3.8, 4) is 5.69 Å². The maximum absolute atomic E-state index is 10.5. The number of aromatic nitrogens is 2. The highest BCUT2D eigenvalue weighted by atomic mass is 35.5. The number of nitrogens with zero attached hydrogens (tertiary/aromatic N) is 2. The number of rotatable bonds is 3. The molecule has 0 aliphatic rings. The summed E-state index contributed by atoms with van der Waals surface area (Å²) in [6, 6.07) is 7.26. The van der Waals surface area contributed by atoms with Gasteiger partial charge in [0, 0.05) is 16.9 Å². The molecule has 0 saturated carbocycles. The Hall–Kier alpha value is -1.81. The molecule has 0 fully saturated rings. The van der Waals surface area contributed by atoms with Crippen LogP contribution in [0, 0.1) is 0 Å². The molecule has 0 saturated heterocycles. The van der Waals surface area contributed by atoms with Gasteiger partial charge in [-0.05, 0) is 18.2 Å². The first-order valence-corrected chi connectivity index (χ1v) is 5.03. The van der Waals surface area contributed by atoms with Crippen molar-refractivity contribution in [3.63, 3.8) is 0 Å². The molecule has 5 heteroatoms. The Bertz CT molecular complexity index is 522. The quantitative estimate of drug-likeness (QED) is 0.889. The van der Waals surface area contributed by atoms with Crippen LogP contribution in [-0.4, -0.2) is 20.6 Å². The van der Waals surface area contributed by atoms with E-state index in [1.165, 1.54) is 0 Å². The zero-order valence-electron chi connectivity index (χ0n) is 8.30. The lowest BCUT2D eigenvalue weighted by atomic mass is 10.3. The Kier molecular flexibility index (Phi) is 2.92. The molecule has 0 amide bonds. The van der Waals surface area contributed by atoms with E-state index in [0.717, 1.165) is 5.69 Å². The highest BCUT2D eigenvalue weighted by molar-refractivity contribution is 6.30. The number of carboxylic acids is 1. The molecule has 2 aromatic rings. The number of hydrogen-bond donors (Lipinski definition) is 1. The van der Waals surface area contributed by atoms with Crippen molar-refractivity contribution in [2.75, 3.05) is 0 Å². The van der Waals surface area contributed by atoms with Crippen LogP contribution >= 0.6 is 11.6 Å². The fourth-order valence-corrected chi connectivity index (χ4v) is 1.57. The third-order valence-corrected chi connectivity index (χ3v) is 2.31. The minimum atomic E-state index is -0.892. The van der Waals surface area contributed by atoms with E-state index in [4.69, 9.17) is 16.7 Å². The standard InChI is InChI=1S/C11H9ClN2O2/c12-8-2-1-3-10(4-8)14-6-9(13-7-14)5-11(15)16/h1-4,6-7H,5H2,(H,15,16). The number of carbonyl (C=O) groups is 1. The number of benzene rings is 1. The molecule has 0 spiro atoms. The van der Waals surface area contributed by atoms with E-state index in [1.807, 2.05) is 12.1 Å². The van der Waals surface area contributed by atoms with Crippen molar-refractivity contribution < 1.29 is 9.90 Å². The van der Waals surface area contributed by atoms with Crippen molar-refractivity contribution in [2.24, 2.45) is 0 Å². The molecule has 1 N–H and O–H groups in total. The first-order valence-electron chi connectivity index (χ1n) is 4.66. The molecule has 4 nitrogen and oxygen atoms in total. The van der Waals surface area contributed by atoms with Gasteiger partial charge in [-0.15, -0.1) is 0 Å². The number of aliphatic carboxylic acids is 1. The summed E-state index contributed by atoms with van der Waals surface area (Å²) in [5, 5.41) is 9.25. The molecule has 1 heterocycles. The molecule has 0 unspecified atom stereocenters. The van der Waals surface area contributed by atoms with Crippen LogP contribution in [0.2, 0.25) is 5.02 Å². The van der Waals surface area contributed by atoms with Crippen LogP contribution in [0.25, 0.3) is 5.69 Å². The van der Waals surface area contributed by atoms with Gasteiger partial charge in [0.1, 0.15) is 0 Å². The second-order valence-electron chi connectivity index (χ2n) is 3.32. The van der Waals surface area contributed by atoms with Crippen LogP contribution in [0.1, 0.15) is 5.69 Å². The van der Waals surface area contributed by atoms with Crippen LogP contribution in [0.5, 0.6) is 0 Å². The Morgan fingerprint density at radius 3 is 3.00 bits per heavy atom. The smallest absolute Gasteiger partial charge is 0.309 e. The first kappa shape index (κ1) is 10.7. The lowest BCUT2D eigenvalue weighted by molar-refractivity contribution is -0.136. The van der Waals surface area contributed by atoms with E-state index >= 15 is 0 Å². The van der Waals surface area contributed by atoms with Gasteiger partial charge in [0.2, 0.25) is 0 Å². The SMILES string of the molecule is O=C(O)Cc1cn(-c2cccc(Cl)c2)cn1. The largest absolute Gasteiger partial charge is 0.481 e. The van der Waals surface area contributed by atoms with Gasteiger partial charge in [-0.25, -0.2) is 4.98 Å². The minimum Gasteiger partial charge on any atom is -0.481 e. The second kappa shape index (κ2) is 4.37. The summed E-state index contributed by atoms with van der Waals surface area (Å²) in [6.45, 7) is 0. The van der Waals surface area contributed by atoms with Gasteiger partial charge in [-0.3, -0.25) is 4.79 Å². The summed E-state index contributed by atoms with van der Waals surface area (Å²) in [4.78, 5) is 14.5. The summed E-state index contributed by atoms with van der Waals surface area (Å²) in [5.41, 5.74) is 1.38. The lowest BCUT2D eigenvalue weighted by Gasteiger charge is -2.01. The van der Waals surface area contributed by atoms with E-state index in [-0.39, 0.29) is 6.42 Å². The third-order valence-electron chi connectivity index (χ3n) is 2.07. The van der Waals surface area contributed by atoms with E-state index in [2.05, 4.69) is 4.98 Å². The zero-order chi connectivity index (χ0) is 11.5. The van der Waals surface area contributed by atoms with Gasteiger partial charge in [0.15, 0.2) is 0 Å². The summed E-state index contributed by atoms with van der Waals surface area (Å²) in [7, 11) is 0. The molecule has 0 aliphatic heterocycles. The molecule has 1 aromatic carbocycles. The van der Waals surface area contributed by atoms with E-state index in [9.17, 15) is 4.79 Å². The van der Waals surface area contributed by atoms with Crippen molar-refractivity contribution in [2.45, 2.75) is 6.42 Å². The molecular weight excluding hydrogens is 228 g/mol. The van der Waals surface area contributed by atoms with Crippen LogP contribution in [0.15, 0.2) is 36.8 Å². The topological polar surface area (TPSA) is 55.1 Å². The average Bonchev–Trinajstić information content (AvgIpc) is 2.65. The predicted molar refractivity (Wildman–Crippen MR) is 59.9 cm³/mol. The highest BCUT2D eigenvalue weighted by Gasteiger charge is 2.05. The minimum absolute atomic E-state index is 0.0758. The van der Waals surface area contributed by atoms with Crippen molar-refractivity contribution in [3.05, 3.63) is 47.5 Å². The summed E-state index contributed by atoms with van der Waals surface area (Å²) in [5.74, 6) is -0.892. The Morgan fingerprint density at radius 1 is 1.50 bits per heavy atom. The number of hydrogen-bond acceptors (Lipinski definition) is 2. The van der Waals surface area contributed by atoms with Gasteiger partial charge in [0.05, 0.1) is 18.4 Å². The number of imidazole rings is 1. The average molecular weight is 237 g/mol. The van der Waals surface area contributed by atoms with Crippen LogP contribution in [-0.2, 0) is 11.2 Å². The van der Waals surface area contributed by atoms with Gasteiger partial charge >= 0.3 is 5.97 Å². The number of halogens is 1. The monoisotopic (exact) mass is 236 g/mol. The first-order chi connectivity index (χ1) is 7.65. The number of carboxylic acid groups (broad SMARTS) is 1. The van der Waals surface area contributed by atoms with Crippen LogP contribution < -0.4 is 0 Å². The van der Waals surface area contributed by atoms with Crippen molar-refractivity contribution >= 4 is 17.6 Å². The van der Waals surface area contributed by atoms with Gasteiger partial charge in [0.25, 0.3) is 0 Å².